The topological polar surface area (TPSA) is 92.6 Å². The predicted octanol–water partition coefficient (Wildman–Crippen LogP) is 1.51. The quantitative estimate of drug-likeness (QED) is 0.604. The van der Waals surface area contributed by atoms with Gasteiger partial charge in [0.05, 0.1) is 6.10 Å². The minimum atomic E-state index is -0.291. The summed E-state index contributed by atoms with van der Waals surface area (Å²) in [5, 5.41) is 3.72. The van der Waals surface area contributed by atoms with E-state index in [9.17, 15) is 9.59 Å². The number of nitrogens with zero attached hydrogens (tertiary/aromatic N) is 5. The smallest absolute Gasteiger partial charge is 0.282 e. The van der Waals surface area contributed by atoms with Gasteiger partial charge in [0.2, 0.25) is 11.9 Å². The van der Waals surface area contributed by atoms with Gasteiger partial charge in [0.1, 0.15) is 6.04 Å². The van der Waals surface area contributed by atoms with Crippen LogP contribution >= 0.6 is 11.3 Å². The molecule has 2 fully saturated rings. The lowest BCUT2D eigenvalue weighted by Crippen LogP contribution is -2.53. The molecule has 2 aliphatic rings. The van der Waals surface area contributed by atoms with Crippen LogP contribution in [0.5, 0.6) is 0 Å². The summed E-state index contributed by atoms with van der Waals surface area (Å²) in [6.07, 6.45) is 1.83. The maximum absolute atomic E-state index is 13.0. The normalized spacial score (nSPS) is 18.9. The second kappa shape index (κ2) is 8.51. The van der Waals surface area contributed by atoms with Gasteiger partial charge in [0.15, 0.2) is 15.5 Å². The standard InChI is InChI=1S/C22H26N6O3S/c1-26-20(30)17-19(25-21(26)27-12-15(13-27)31-2)32-22(24-17)28-10-6-9-16(28)18(29)23-11-14-7-4-3-5-8-14/h3-5,7-8,15-16H,6,9-13H2,1-2H3,(H,23,29)/t16-/m1/s1. The summed E-state index contributed by atoms with van der Waals surface area (Å²) in [6.45, 7) is 2.65. The summed E-state index contributed by atoms with van der Waals surface area (Å²) in [7, 11) is 3.41. The largest absolute Gasteiger partial charge is 0.378 e. The van der Waals surface area contributed by atoms with Crippen LogP contribution in [0.2, 0.25) is 0 Å². The van der Waals surface area contributed by atoms with E-state index in [2.05, 4.69) is 10.3 Å². The van der Waals surface area contributed by atoms with Gasteiger partial charge >= 0.3 is 0 Å². The summed E-state index contributed by atoms with van der Waals surface area (Å²) in [5.41, 5.74) is 1.25. The molecule has 0 spiro atoms. The first-order chi connectivity index (χ1) is 15.5. The Morgan fingerprint density at radius 3 is 2.78 bits per heavy atom. The zero-order valence-corrected chi connectivity index (χ0v) is 19.0. The van der Waals surface area contributed by atoms with Crippen LogP contribution in [0.25, 0.3) is 10.3 Å². The molecule has 5 rings (SSSR count). The number of nitrogens with one attached hydrogen (secondary N) is 1. The maximum atomic E-state index is 13.0. The fourth-order valence-electron chi connectivity index (χ4n) is 4.26. The summed E-state index contributed by atoms with van der Waals surface area (Å²) >= 11 is 1.38. The molecule has 0 saturated carbocycles. The van der Waals surface area contributed by atoms with Crippen molar-refractivity contribution in [2.45, 2.75) is 31.5 Å². The Morgan fingerprint density at radius 2 is 2.03 bits per heavy atom. The third-order valence-corrected chi connectivity index (χ3v) is 7.17. The van der Waals surface area contributed by atoms with E-state index in [0.717, 1.165) is 24.9 Å². The minimum absolute atomic E-state index is 0.0154. The molecule has 168 valence electrons. The molecule has 2 saturated heterocycles. The Morgan fingerprint density at radius 1 is 1.25 bits per heavy atom. The Labute approximate surface area is 189 Å². The highest BCUT2D eigenvalue weighted by molar-refractivity contribution is 7.21. The van der Waals surface area contributed by atoms with E-state index in [1.165, 1.54) is 11.3 Å². The van der Waals surface area contributed by atoms with Gasteiger partial charge in [0, 0.05) is 40.3 Å². The van der Waals surface area contributed by atoms with Crippen molar-refractivity contribution < 1.29 is 9.53 Å². The zero-order valence-electron chi connectivity index (χ0n) is 18.2. The number of carbonyl (C=O) groups is 1. The van der Waals surface area contributed by atoms with Crippen LogP contribution < -0.4 is 20.7 Å². The van der Waals surface area contributed by atoms with E-state index < -0.39 is 0 Å². The van der Waals surface area contributed by atoms with Crippen molar-refractivity contribution >= 4 is 38.7 Å². The Kier molecular flexibility index (Phi) is 5.56. The number of hydrogen-bond acceptors (Lipinski definition) is 8. The second-order valence-electron chi connectivity index (χ2n) is 8.24. The van der Waals surface area contributed by atoms with Gasteiger partial charge < -0.3 is 19.9 Å². The number of carbonyl (C=O) groups excluding carboxylic acids is 1. The summed E-state index contributed by atoms with van der Waals surface area (Å²) in [6, 6.07) is 9.57. The molecule has 4 heterocycles. The van der Waals surface area contributed by atoms with Crippen molar-refractivity contribution in [3.05, 3.63) is 46.2 Å². The van der Waals surface area contributed by atoms with Crippen molar-refractivity contribution in [1.82, 2.24) is 19.9 Å². The fourth-order valence-corrected chi connectivity index (χ4v) is 5.26. The van der Waals surface area contributed by atoms with Gasteiger partial charge in [0.25, 0.3) is 5.56 Å². The number of benzene rings is 1. The first-order valence-electron chi connectivity index (χ1n) is 10.8. The highest BCUT2D eigenvalue weighted by Crippen LogP contribution is 2.33. The minimum Gasteiger partial charge on any atom is -0.378 e. The van der Waals surface area contributed by atoms with Gasteiger partial charge in [-0.1, -0.05) is 41.7 Å². The number of thiazole rings is 1. The number of rotatable bonds is 6. The molecule has 3 aromatic rings. The molecule has 10 heteroatoms. The van der Waals surface area contributed by atoms with Gasteiger partial charge in [-0.05, 0) is 18.4 Å². The fraction of sp³-hybridized carbons (Fsp3) is 0.455. The molecule has 2 aromatic heterocycles. The van der Waals surface area contributed by atoms with Crippen molar-refractivity contribution in [2.24, 2.45) is 7.05 Å². The molecular formula is C22H26N6O3S. The average Bonchev–Trinajstić information content (AvgIpc) is 3.42. The van der Waals surface area contributed by atoms with Crippen LogP contribution in [0.15, 0.2) is 35.1 Å². The van der Waals surface area contributed by atoms with Crippen LogP contribution in [-0.2, 0) is 23.1 Å². The van der Waals surface area contributed by atoms with Crippen LogP contribution in [0.4, 0.5) is 11.1 Å². The SMILES string of the molecule is COC1CN(c2nc3sc(N4CCC[C@@H]4C(=O)NCc4ccccc4)nc3c(=O)n2C)C1. The summed E-state index contributed by atoms with van der Waals surface area (Å²) in [4.78, 5) is 39.9. The second-order valence-corrected chi connectivity index (χ2v) is 9.20. The average molecular weight is 455 g/mol. The molecule has 32 heavy (non-hydrogen) atoms. The number of ether oxygens (including phenoxy) is 1. The van der Waals surface area contributed by atoms with Crippen molar-refractivity contribution in [1.29, 1.82) is 0 Å². The van der Waals surface area contributed by atoms with Gasteiger partial charge in [-0.25, -0.2) is 9.97 Å². The van der Waals surface area contributed by atoms with E-state index in [4.69, 9.17) is 9.72 Å². The highest BCUT2D eigenvalue weighted by Gasteiger charge is 2.34. The molecule has 0 unspecified atom stereocenters. The first-order valence-corrected chi connectivity index (χ1v) is 11.6. The van der Waals surface area contributed by atoms with Crippen LogP contribution in [0, 0.1) is 0 Å². The number of amides is 1. The van der Waals surface area contributed by atoms with Gasteiger partial charge in [-0.15, -0.1) is 0 Å². The van der Waals surface area contributed by atoms with Crippen molar-refractivity contribution in [3.63, 3.8) is 0 Å². The third-order valence-electron chi connectivity index (χ3n) is 6.18. The van der Waals surface area contributed by atoms with Crippen molar-refractivity contribution in [3.8, 4) is 0 Å². The van der Waals surface area contributed by atoms with E-state index in [1.807, 2.05) is 40.1 Å². The molecule has 1 atom stereocenters. The number of aromatic nitrogens is 3. The molecule has 1 aromatic carbocycles. The van der Waals surface area contributed by atoms with E-state index >= 15 is 0 Å². The number of methoxy groups -OCH3 is 1. The zero-order chi connectivity index (χ0) is 22.2. The lowest BCUT2D eigenvalue weighted by Gasteiger charge is -2.39. The molecule has 0 radical (unpaired) electrons. The van der Waals surface area contributed by atoms with Crippen LogP contribution in [-0.4, -0.2) is 59.3 Å². The predicted molar refractivity (Wildman–Crippen MR) is 124 cm³/mol. The lowest BCUT2D eigenvalue weighted by atomic mass is 10.2. The number of hydrogen-bond donors (Lipinski definition) is 1. The Balaban J connectivity index is 1.37. The van der Waals surface area contributed by atoms with E-state index in [0.29, 0.717) is 41.1 Å². The molecule has 1 amide bonds. The molecule has 9 nitrogen and oxygen atoms in total. The summed E-state index contributed by atoms with van der Waals surface area (Å²) < 4.78 is 6.89. The molecule has 0 bridgehead atoms. The third kappa shape index (κ3) is 3.73. The lowest BCUT2D eigenvalue weighted by molar-refractivity contribution is -0.122. The molecule has 1 N–H and O–H groups in total. The molecule has 2 aliphatic heterocycles. The summed E-state index contributed by atoms with van der Waals surface area (Å²) in [5.74, 6) is 0.614. The first kappa shape index (κ1) is 20.9. The molecular weight excluding hydrogens is 428 g/mol. The van der Waals surface area contributed by atoms with Crippen LogP contribution in [0.1, 0.15) is 18.4 Å². The van der Waals surface area contributed by atoms with E-state index in [1.54, 1.807) is 18.7 Å². The Hall–Kier alpha value is -2.98. The van der Waals surface area contributed by atoms with Gasteiger partial charge in [-0.2, -0.15) is 0 Å². The maximum Gasteiger partial charge on any atom is 0.282 e. The van der Waals surface area contributed by atoms with Gasteiger partial charge in [-0.3, -0.25) is 14.2 Å². The highest BCUT2D eigenvalue weighted by atomic mass is 32.1. The Bertz CT molecular complexity index is 1190. The van der Waals surface area contributed by atoms with Crippen molar-refractivity contribution in [2.75, 3.05) is 36.5 Å². The van der Waals surface area contributed by atoms with E-state index in [-0.39, 0.29) is 23.6 Å². The number of anilines is 2. The monoisotopic (exact) mass is 454 g/mol. The molecule has 0 aliphatic carbocycles. The van der Waals surface area contributed by atoms with Crippen LogP contribution in [0.3, 0.4) is 0 Å². The number of fused-ring (bicyclic) bond motifs is 1.